The van der Waals surface area contributed by atoms with E-state index in [1.54, 1.807) is 19.1 Å². The molecule has 0 fully saturated rings. The Labute approximate surface area is 178 Å². The van der Waals surface area contributed by atoms with Gasteiger partial charge in [-0.15, -0.1) is 0 Å². The van der Waals surface area contributed by atoms with Crippen molar-refractivity contribution in [1.82, 2.24) is 10.9 Å². The molecule has 2 amide bonds. The number of carbonyl (C=O) groups excluding carboxylic acids is 2. The van der Waals surface area contributed by atoms with E-state index in [0.717, 1.165) is 15.6 Å². The largest absolute Gasteiger partial charge is 0.495 e. The Morgan fingerprint density at radius 1 is 1.10 bits per heavy atom. The molecule has 0 heterocycles. The minimum atomic E-state index is -0.376. The molecule has 0 saturated carbocycles. The molecule has 0 spiro atoms. The first-order valence-corrected chi connectivity index (χ1v) is 9.65. The highest BCUT2D eigenvalue weighted by atomic mass is 79.9. The van der Waals surface area contributed by atoms with Gasteiger partial charge in [-0.2, -0.15) is 0 Å². The SMILES string of the molecule is COc1ccc(C)cc1NC(=O)C=C(C)NNC(=O)COc1ccc(Br)c(C)c1. The van der Waals surface area contributed by atoms with E-state index < -0.39 is 0 Å². The smallest absolute Gasteiger partial charge is 0.276 e. The molecule has 0 saturated heterocycles. The molecular formula is C21H24BrN3O4. The molecule has 0 aliphatic rings. The summed E-state index contributed by atoms with van der Waals surface area (Å²) >= 11 is 3.41. The third-order valence-corrected chi connectivity index (χ3v) is 4.75. The Kier molecular flexibility index (Phi) is 8.09. The number of rotatable bonds is 8. The van der Waals surface area contributed by atoms with Gasteiger partial charge in [-0.1, -0.05) is 22.0 Å². The number of hydrazine groups is 1. The molecule has 0 aliphatic carbocycles. The zero-order chi connectivity index (χ0) is 21.4. The molecule has 154 valence electrons. The van der Waals surface area contributed by atoms with Crippen molar-refractivity contribution in [2.24, 2.45) is 0 Å². The summed E-state index contributed by atoms with van der Waals surface area (Å²) < 4.78 is 11.7. The maximum absolute atomic E-state index is 12.2. The van der Waals surface area contributed by atoms with Gasteiger partial charge in [0.2, 0.25) is 5.91 Å². The molecular weight excluding hydrogens is 438 g/mol. The average Bonchev–Trinajstić information content (AvgIpc) is 2.67. The second-order valence-electron chi connectivity index (χ2n) is 6.39. The topological polar surface area (TPSA) is 88.7 Å². The highest BCUT2D eigenvalue weighted by molar-refractivity contribution is 9.10. The van der Waals surface area contributed by atoms with E-state index in [9.17, 15) is 9.59 Å². The Bertz CT molecular complexity index is 928. The van der Waals surface area contributed by atoms with E-state index in [1.165, 1.54) is 13.2 Å². The van der Waals surface area contributed by atoms with Crippen LogP contribution in [0.5, 0.6) is 11.5 Å². The van der Waals surface area contributed by atoms with E-state index in [0.29, 0.717) is 22.9 Å². The summed E-state index contributed by atoms with van der Waals surface area (Å²) in [6, 6.07) is 11.0. The number of ether oxygens (including phenoxy) is 2. The summed E-state index contributed by atoms with van der Waals surface area (Å²) in [7, 11) is 1.54. The van der Waals surface area contributed by atoms with Crippen LogP contribution < -0.4 is 25.6 Å². The predicted octanol–water partition coefficient (Wildman–Crippen LogP) is 3.62. The molecule has 8 heteroatoms. The first-order chi connectivity index (χ1) is 13.8. The standard InChI is InChI=1S/C21H24BrN3O4/c1-13-5-8-19(28-4)18(9-13)23-20(26)11-15(3)24-25-21(27)12-29-16-6-7-17(22)14(2)10-16/h5-11,24H,12H2,1-4H3,(H,23,26)(H,25,27). The number of benzene rings is 2. The maximum atomic E-state index is 12.2. The number of carbonyl (C=O) groups is 2. The van der Waals surface area contributed by atoms with E-state index in [-0.39, 0.29) is 18.4 Å². The monoisotopic (exact) mass is 461 g/mol. The number of hydrogen-bond acceptors (Lipinski definition) is 5. The number of allylic oxidation sites excluding steroid dienone is 1. The summed E-state index contributed by atoms with van der Waals surface area (Å²) in [6.07, 6.45) is 1.33. The molecule has 0 bridgehead atoms. The van der Waals surface area contributed by atoms with Crippen molar-refractivity contribution in [2.75, 3.05) is 19.0 Å². The van der Waals surface area contributed by atoms with Crippen LogP contribution >= 0.6 is 15.9 Å². The third kappa shape index (κ3) is 7.15. The van der Waals surface area contributed by atoms with Gasteiger partial charge >= 0.3 is 0 Å². The molecule has 2 rings (SSSR count). The van der Waals surface area contributed by atoms with Crippen LogP contribution in [0.4, 0.5) is 5.69 Å². The normalized spacial score (nSPS) is 10.9. The van der Waals surface area contributed by atoms with E-state index in [2.05, 4.69) is 32.1 Å². The molecule has 0 unspecified atom stereocenters. The number of hydrogen-bond donors (Lipinski definition) is 3. The van der Waals surface area contributed by atoms with Crippen molar-refractivity contribution in [3.05, 3.63) is 63.8 Å². The van der Waals surface area contributed by atoms with Gasteiger partial charge in [0.25, 0.3) is 5.91 Å². The summed E-state index contributed by atoms with van der Waals surface area (Å²) in [6.45, 7) is 5.36. The average molecular weight is 462 g/mol. The van der Waals surface area contributed by atoms with Crippen LogP contribution in [0.2, 0.25) is 0 Å². The van der Waals surface area contributed by atoms with Crippen molar-refractivity contribution in [1.29, 1.82) is 0 Å². The Hall–Kier alpha value is -3.00. The lowest BCUT2D eigenvalue weighted by Gasteiger charge is -2.12. The number of nitrogens with one attached hydrogen (secondary N) is 3. The highest BCUT2D eigenvalue weighted by Crippen LogP contribution is 2.25. The molecule has 2 aromatic carbocycles. The zero-order valence-corrected chi connectivity index (χ0v) is 18.3. The second kappa shape index (κ2) is 10.5. The number of amides is 2. The number of halogens is 1. The van der Waals surface area contributed by atoms with Gasteiger partial charge in [0.1, 0.15) is 11.5 Å². The van der Waals surface area contributed by atoms with Crippen LogP contribution in [0.3, 0.4) is 0 Å². The molecule has 2 aromatic rings. The minimum Gasteiger partial charge on any atom is -0.495 e. The highest BCUT2D eigenvalue weighted by Gasteiger charge is 2.07. The zero-order valence-electron chi connectivity index (χ0n) is 16.8. The number of aryl methyl sites for hydroxylation is 2. The molecule has 0 aromatic heterocycles. The fourth-order valence-electron chi connectivity index (χ4n) is 2.38. The number of methoxy groups -OCH3 is 1. The van der Waals surface area contributed by atoms with Crippen molar-refractivity contribution in [3.63, 3.8) is 0 Å². The molecule has 3 N–H and O–H groups in total. The van der Waals surface area contributed by atoms with Gasteiger partial charge in [-0.25, -0.2) is 0 Å². The Morgan fingerprint density at radius 3 is 2.55 bits per heavy atom. The van der Waals surface area contributed by atoms with Crippen LogP contribution in [-0.2, 0) is 9.59 Å². The van der Waals surface area contributed by atoms with Crippen LogP contribution in [0.25, 0.3) is 0 Å². The summed E-state index contributed by atoms with van der Waals surface area (Å²) in [5, 5.41) is 2.76. The van der Waals surface area contributed by atoms with Crippen molar-refractivity contribution in [3.8, 4) is 11.5 Å². The van der Waals surface area contributed by atoms with Gasteiger partial charge in [0.15, 0.2) is 6.61 Å². The predicted molar refractivity (Wildman–Crippen MR) is 116 cm³/mol. The van der Waals surface area contributed by atoms with Gasteiger partial charge in [-0.05, 0) is 62.2 Å². The molecule has 0 atom stereocenters. The van der Waals surface area contributed by atoms with Gasteiger partial charge in [0, 0.05) is 16.2 Å². The molecule has 7 nitrogen and oxygen atoms in total. The van der Waals surface area contributed by atoms with Crippen molar-refractivity contribution < 1.29 is 19.1 Å². The van der Waals surface area contributed by atoms with Gasteiger partial charge < -0.3 is 20.2 Å². The lowest BCUT2D eigenvalue weighted by molar-refractivity contribution is -0.124. The van der Waals surface area contributed by atoms with Crippen LogP contribution in [0, 0.1) is 13.8 Å². The van der Waals surface area contributed by atoms with Crippen LogP contribution in [0.15, 0.2) is 52.6 Å². The first-order valence-electron chi connectivity index (χ1n) is 8.86. The van der Waals surface area contributed by atoms with Crippen LogP contribution in [0.1, 0.15) is 18.1 Å². The van der Waals surface area contributed by atoms with E-state index in [4.69, 9.17) is 9.47 Å². The fourth-order valence-corrected chi connectivity index (χ4v) is 2.63. The van der Waals surface area contributed by atoms with Gasteiger partial charge in [-0.3, -0.25) is 15.0 Å². The fraction of sp³-hybridized carbons (Fsp3) is 0.238. The van der Waals surface area contributed by atoms with Gasteiger partial charge in [0.05, 0.1) is 12.8 Å². The second-order valence-corrected chi connectivity index (χ2v) is 7.25. The van der Waals surface area contributed by atoms with Crippen molar-refractivity contribution in [2.45, 2.75) is 20.8 Å². The first kappa shape index (κ1) is 22.3. The molecule has 29 heavy (non-hydrogen) atoms. The Balaban J connectivity index is 1.82. The van der Waals surface area contributed by atoms with Crippen LogP contribution in [-0.4, -0.2) is 25.5 Å². The Morgan fingerprint density at radius 2 is 1.86 bits per heavy atom. The lowest BCUT2D eigenvalue weighted by Crippen LogP contribution is -2.39. The molecule has 0 radical (unpaired) electrons. The molecule has 0 aliphatic heterocycles. The summed E-state index contributed by atoms with van der Waals surface area (Å²) in [5.41, 5.74) is 8.20. The van der Waals surface area contributed by atoms with E-state index >= 15 is 0 Å². The number of anilines is 1. The third-order valence-electron chi connectivity index (χ3n) is 3.86. The lowest BCUT2D eigenvalue weighted by atomic mass is 10.2. The van der Waals surface area contributed by atoms with Crippen molar-refractivity contribution >= 4 is 33.4 Å². The maximum Gasteiger partial charge on any atom is 0.276 e. The summed E-state index contributed by atoms with van der Waals surface area (Å²) in [4.78, 5) is 24.1. The quantitative estimate of drug-likeness (QED) is 0.412. The summed E-state index contributed by atoms with van der Waals surface area (Å²) in [5.74, 6) is 0.435. The van der Waals surface area contributed by atoms with E-state index in [1.807, 2.05) is 38.1 Å². The minimum absolute atomic E-state index is 0.159.